The summed E-state index contributed by atoms with van der Waals surface area (Å²) < 4.78 is 27.4. The van der Waals surface area contributed by atoms with Crippen LogP contribution in [0.4, 0.5) is 25.8 Å². The Morgan fingerprint density at radius 2 is 1.57 bits per heavy atom. The van der Waals surface area contributed by atoms with Gasteiger partial charge in [-0.1, -0.05) is 6.07 Å². The SMILES string of the molecule is CN1CCN(c2ccc(C(=O)Nc3c[nH]c4ccc(Cc5cc(F)cc(F)c5)cc34)c(NC(=O)c3ccc[nH]3)c2)CC1. The van der Waals surface area contributed by atoms with E-state index in [1.807, 2.05) is 30.3 Å². The van der Waals surface area contributed by atoms with Crippen LogP contribution in [-0.2, 0) is 6.42 Å². The lowest BCUT2D eigenvalue weighted by Crippen LogP contribution is -2.44. The van der Waals surface area contributed by atoms with E-state index in [9.17, 15) is 18.4 Å². The molecule has 1 fully saturated rings. The fraction of sp³-hybridized carbons (Fsp3) is 0.188. The summed E-state index contributed by atoms with van der Waals surface area (Å²) in [4.78, 5) is 37.1. The maximum atomic E-state index is 13.7. The molecule has 4 N–H and O–H groups in total. The summed E-state index contributed by atoms with van der Waals surface area (Å²) in [5, 5.41) is 6.63. The second-order valence-corrected chi connectivity index (χ2v) is 10.5. The number of amides is 2. The molecule has 6 rings (SSSR count). The third kappa shape index (κ3) is 5.89. The number of nitrogens with zero attached hydrogens (tertiary/aromatic N) is 2. The van der Waals surface area contributed by atoms with Crippen molar-refractivity contribution in [3.8, 4) is 0 Å². The lowest BCUT2D eigenvalue weighted by atomic mass is 10.0. The van der Waals surface area contributed by atoms with Gasteiger partial charge in [0, 0.05) is 61.2 Å². The van der Waals surface area contributed by atoms with Crippen LogP contribution in [0.5, 0.6) is 0 Å². The summed E-state index contributed by atoms with van der Waals surface area (Å²) in [6.45, 7) is 3.52. The lowest BCUT2D eigenvalue weighted by molar-refractivity contribution is 0.102. The minimum absolute atomic E-state index is 0.313. The Bertz CT molecular complexity index is 1740. The Kier molecular flexibility index (Phi) is 7.45. The highest BCUT2D eigenvalue weighted by Gasteiger charge is 2.20. The number of halogens is 2. The molecule has 3 aromatic carbocycles. The van der Waals surface area contributed by atoms with Gasteiger partial charge in [0.05, 0.1) is 16.9 Å². The fourth-order valence-corrected chi connectivity index (χ4v) is 5.28. The van der Waals surface area contributed by atoms with Crippen molar-refractivity contribution >= 4 is 39.8 Å². The summed E-state index contributed by atoms with van der Waals surface area (Å²) in [5.41, 5.74) is 4.71. The molecule has 0 bridgehead atoms. The quantitative estimate of drug-likeness (QED) is 0.205. The Labute approximate surface area is 241 Å². The Morgan fingerprint density at radius 3 is 2.31 bits per heavy atom. The number of likely N-dealkylation sites (N-methyl/N-ethyl adjacent to an activating group) is 1. The summed E-state index contributed by atoms with van der Waals surface area (Å²) >= 11 is 0. The molecule has 0 spiro atoms. The number of hydrogen-bond donors (Lipinski definition) is 4. The number of anilines is 3. The van der Waals surface area contributed by atoms with E-state index in [-0.39, 0.29) is 11.8 Å². The van der Waals surface area contributed by atoms with Crippen LogP contribution >= 0.6 is 0 Å². The number of piperazine rings is 1. The van der Waals surface area contributed by atoms with Crippen molar-refractivity contribution in [2.24, 2.45) is 0 Å². The molecule has 0 atom stereocenters. The number of benzene rings is 3. The molecule has 1 saturated heterocycles. The largest absolute Gasteiger partial charge is 0.369 e. The number of fused-ring (bicyclic) bond motifs is 1. The number of hydrogen-bond acceptors (Lipinski definition) is 4. The number of aromatic nitrogens is 2. The van der Waals surface area contributed by atoms with Crippen LogP contribution in [0, 0.1) is 11.6 Å². The van der Waals surface area contributed by atoms with Crippen LogP contribution in [-0.4, -0.2) is 59.9 Å². The number of rotatable bonds is 7. The molecule has 10 heteroatoms. The standard InChI is InChI=1S/C32H30F2N6O2/c1-39-9-11-40(12-10-39)24-5-6-25(29(18-24)37-32(42)28-3-2-8-35-28)31(41)38-30-19-36-27-7-4-20(16-26(27)30)13-21-14-22(33)17-23(34)15-21/h2-8,14-19,35-36H,9-13H2,1H3,(H,37,42)(H,38,41). The van der Waals surface area contributed by atoms with E-state index >= 15 is 0 Å². The molecule has 5 aromatic rings. The predicted molar refractivity (Wildman–Crippen MR) is 160 cm³/mol. The van der Waals surface area contributed by atoms with Crippen molar-refractivity contribution in [2.45, 2.75) is 6.42 Å². The molecular weight excluding hydrogens is 538 g/mol. The van der Waals surface area contributed by atoms with Gasteiger partial charge in [-0.2, -0.15) is 0 Å². The van der Waals surface area contributed by atoms with Gasteiger partial charge in [-0.3, -0.25) is 9.59 Å². The van der Waals surface area contributed by atoms with Crippen molar-refractivity contribution in [3.63, 3.8) is 0 Å². The molecule has 0 unspecified atom stereocenters. The summed E-state index contributed by atoms with van der Waals surface area (Å²) in [5.74, 6) is -1.99. The van der Waals surface area contributed by atoms with Crippen molar-refractivity contribution < 1.29 is 18.4 Å². The van der Waals surface area contributed by atoms with Crippen LogP contribution in [0.2, 0.25) is 0 Å². The minimum atomic E-state index is -0.626. The van der Waals surface area contributed by atoms with E-state index in [0.29, 0.717) is 34.6 Å². The zero-order valence-corrected chi connectivity index (χ0v) is 23.0. The van der Waals surface area contributed by atoms with Gasteiger partial charge < -0.3 is 30.4 Å². The molecular formula is C32H30F2N6O2. The molecule has 0 aliphatic carbocycles. The van der Waals surface area contributed by atoms with E-state index in [2.05, 4.69) is 37.4 Å². The molecule has 1 aliphatic heterocycles. The normalized spacial score (nSPS) is 13.8. The van der Waals surface area contributed by atoms with Crippen molar-refractivity contribution in [1.29, 1.82) is 0 Å². The zero-order valence-electron chi connectivity index (χ0n) is 23.0. The van der Waals surface area contributed by atoms with E-state index in [1.54, 1.807) is 30.6 Å². The molecule has 0 radical (unpaired) electrons. The predicted octanol–water partition coefficient (Wildman–Crippen LogP) is 5.62. The molecule has 0 saturated carbocycles. The van der Waals surface area contributed by atoms with Crippen molar-refractivity contribution in [3.05, 3.63) is 113 Å². The van der Waals surface area contributed by atoms with Crippen LogP contribution in [0.3, 0.4) is 0 Å². The lowest BCUT2D eigenvalue weighted by Gasteiger charge is -2.34. The van der Waals surface area contributed by atoms with Crippen molar-refractivity contribution in [2.75, 3.05) is 48.8 Å². The maximum Gasteiger partial charge on any atom is 0.272 e. The van der Waals surface area contributed by atoms with Gasteiger partial charge in [-0.25, -0.2) is 8.78 Å². The highest BCUT2D eigenvalue weighted by Crippen LogP contribution is 2.29. The number of aromatic amines is 2. The maximum absolute atomic E-state index is 13.7. The van der Waals surface area contributed by atoms with Crippen LogP contribution in [0.15, 0.2) is 79.1 Å². The Morgan fingerprint density at radius 1 is 0.810 bits per heavy atom. The first-order valence-electron chi connectivity index (χ1n) is 13.7. The molecule has 1 aliphatic rings. The van der Waals surface area contributed by atoms with Gasteiger partial charge in [-0.05, 0) is 79.2 Å². The van der Waals surface area contributed by atoms with Crippen LogP contribution < -0.4 is 15.5 Å². The molecule has 8 nitrogen and oxygen atoms in total. The van der Waals surface area contributed by atoms with Crippen LogP contribution in [0.25, 0.3) is 10.9 Å². The third-order valence-electron chi connectivity index (χ3n) is 7.53. The highest BCUT2D eigenvalue weighted by molar-refractivity contribution is 6.14. The number of H-pyrrole nitrogens is 2. The van der Waals surface area contributed by atoms with E-state index in [4.69, 9.17) is 0 Å². The van der Waals surface area contributed by atoms with Gasteiger partial charge in [0.1, 0.15) is 17.3 Å². The number of carbonyl (C=O) groups is 2. The summed E-state index contributed by atoms with van der Waals surface area (Å²) in [7, 11) is 2.09. The molecule has 3 heterocycles. The van der Waals surface area contributed by atoms with Crippen molar-refractivity contribution in [1.82, 2.24) is 14.9 Å². The first kappa shape index (κ1) is 27.2. The first-order valence-corrected chi connectivity index (χ1v) is 13.7. The Hall–Kier alpha value is -4.96. The topological polar surface area (TPSA) is 96.3 Å². The zero-order chi connectivity index (χ0) is 29.2. The average Bonchev–Trinajstić information content (AvgIpc) is 3.64. The third-order valence-corrected chi connectivity index (χ3v) is 7.53. The molecule has 42 heavy (non-hydrogen) atoms. The second kappa shape index (κ2) is 11.5. The number of nitrogens with one attached hydrogen (secondary N) is 4. The second-order valence-electron chi connectivity index (χ2n) is 10.5. The summed E-state index contributed by atoms with van der Waals surface area (Å²) in [6, 6.07) is 18.0. The highest BCUT2D eigenvalue weighted by atomic mass is 19.1. The smallest absolute Gasteiger partial charge is 0.272 e. The summed E-state index contributed by atoms with van der Waals surface area (Å²) in [6.07, 6.45) is 3.69. The van der Waals surface area contributed by atoms with E-state index < -0.39 is 11.6 Å². The molecule has 214 valence electrons. The van der Waals surface area contributed by atoms with Gasteiger partial charge in [0.2, 0.25) is 0 Å². The van der Waals surface area contributed by atoms with Gasteiger partial charge in [0.25, 0.3) is 11.8 Å². The molecule has 2 amide bonds. The van der Waals surface area contributed by atoms with Gasteiger partial charge >= 0.3 is 0 Å². The number of carbonyl (C=O) groups excluding carboxylic acids is 2. The van der Waals surface area contributed by atoms with E-state index in [0.717, 1.165) is 54.4 Å². The van der Waals surface area contributed by atoms with E-state index in [1.165, 1.54) is 12.1 Å². The minimum Gasteiger partial charge on any atom is -0.369 e. The van der Waals surface area contributed by atoms with Gasteiger partial charge in [-0.15, -0.1) is 0 Å². The molecule has 2 aromatic heterocycles. The monoisotopic (exact) mass is 568 g/mol. The Balaban J connectivity index is 1.28. The van der Waals surface area contributed by atoms with Gasteiger partial charge in [0.15, 0.2) is 0 Å². The first-order chi connectivity index (χ1) is 20.3. The average molecular weight is 569 g/mol. The fourth-order valence-electron chi connectivity index (χ4n) is 5.28. The van der Waals surface area contributed by atoms with Crippen LogP contribution in [0.1, 0.15) is 32.0 Å².